The van der Waals surface area contributed by atoms with Gasteiger partial charge in [0.15, 0.2) is 12.4 Å². The molecule has 0 spiro atoms. The van der Waals surface area contributed by atoms with Crippen molar-refractivity contribution in [3.63, 3.8) is 0 Å². The molecular formula is C8H11F3N4O7. The summed E-state index contributed by atoms with van der Waals surface area (Å²) in [5.41, 5.74) is 0. The molecule has 1 fully saturated rings. The van der Waals surface area contributed by atoms with Gasteiger partial charge in [-0.3, -0.25) is 0 Å². The van der Waals surface area contributed by atoms with Gasteiger partial charge < -0.3 is 30.3 Å². The molecule has 1 unspecified atom stereocenters. The Balaban J connectivity index is 0.000000295. The summed E-state index contributed by atoms with van der Waals surface area (Å²) in [4.78, 5) is 8.90. The van der Waals surface area contributed by atoms with E-state index in [0.29, 0.717) is 0 Å². The fourth-order valence-electron chi connectivity index (χ4n) is 1.36. The summed E-state index contributed by atoms with van der Waals surface area (Å²) >= 11 is 0. The summed E-state index contributed by atoms with van der Waals surface area (Å²) < 4.78 is 36.6. The van der Waals surface area contributed by atoms with E-state index in [0.717, 1.165) is 0 Å². The predicted octanol–water partition coefficient (Wildman–Crippen LogP) is -2.69. The van der Waals surface area contributed by atoms with E-state index in [-0.39, 0.29) is 5.82 Å². The molecule has 2 rings (SSSR count). The van der Waals surface area contributed by atoms with E-state index in [4.69, 9.17) is 14.6 Å². The van der Waals surface area contributed by atoms with Crippen molar-refractivity contribution in [2.75, 3.05) is 0 Å². The van der Waals surface area contributed by atoms with Gasteiger partial charge in [0, 0.05) is 0 Å². The van der Waals surface area contributed by atoms with E-state index in [9.17, 15) is 33.6 Å². The smallest absolute Gasteiger partial charge is 0.475 e. The molecule has 11 nitrogen and oxygen atoms in total. The Morgan fingerprint density at radius 1 is 1.14 bits per heavy atom. The number of nitrogens with one attached hydrogen (secondary N) is 1. The molecule has 1 aromatic rings. The van der Waals surface area contributed by atoms with Crippen LogP contribution in [-0.4, -0.2) is 82.9 Å². The minimum Gasteiger partial charge on any atom is -0.475 e. The Morgan fingerprint density at radius 2 is 1.68 bits per heavy atom. The zero-order valence-electron chi connectivity index (χ0n) is 10.4. The highest BCUT2D eigenvalue weighted by atomic mass is 19.4. The first-order chi connectivity index (χ1) is 10.1. The predicted molar refractivity (Wildman–Crippen MR) is 55.7 cm³/mol. The molecule has 0 saturated carbocycles. The topological polar surface area (TPSA) is 182 Å². The van der Waals surface area contributed by atoms with Crippen molar-refractivity contribution in [1.82, 2.24) is 20.6 Å². The Kier molecular flexibility index (Phi) is 5.72. The lowest BCUT2D eigenvalue weighted by Crippen LogP contribution is -2.54. The molecule has 6 N–H and O–H groups in total. The second-order valence-corrected chi connectivity index (χ2v) is 3.99. The summed E-state index contributed by atoms with van der Waals surface area (Å²) in [5, 5.41) is 56.9. The van der Waals surface area contributed by atoms with Crippen LogP contribution in [0, 0.1) is 0 Å². The second-order valence-electron chi connectivity index (χ2n) is 3.99. The summed E-state index contributed by atoms with van der Waals surface area (Å²) in [6.07, 6.45) is -12.3. The Bertz CT molecular complexity index is 485. The molecule has 0 radical (unpaired) electrons. The lowest BCUT2D eigenvalue weighted by Gasteiger charge is -2.36. The highest BCUT2D eigenvalue weighted by Crippen LogP contribution is 2.28. The number of carbonyl (C=O) groups is 1. The number of alkyl halides is 3. The van der Waals surface area contributed by atoms with Gasteiger partial charge in [0.2, 0.25) is 5.82 Å². The van der Waals surface area contributed by atoms with E-state index < -0.39 is 42.9 Å². The van der Waals surface area contributed by atoms with Gasteiger partial charge >= 0.3 is 12.1 Å². The van der Waals surface area contributed by atoms with E-state index in [2.05, 4.69) is 20.6 Å². The van der Waals surface area contributed by atoms with Crippen molar-refractivity contribution in [1.29, 1.82) is 0 Å². The number of tetrazole rings is 1. The first-order valence-electron chi connectivity index (χ1n) is 5.47. The number of rotatable bonds is 1. The molecular weight excluding hydrogens is 321 g/mol. The van der Waals surface area contributed by atoms with Crippen LogP contribution in [0.3, 0.4) is 0 Å². The minimum atomic E-state index is -5.08. The third kappa shape index (κ3) is 4.31. The van der Waals surface area contributed by atoms with Crippen LogP contribution in [-0.2, 0) is 9.53 Å². The van der Waals surface area contributed by atoms with Crippen LogP contribution in [0.2, 0.25) is 0 Å². The molecule has 2 heterocycles. The number of halogens is 3. The van der Waals surface area contributed by atoms with Gasteiger partial charge in [-0.2, -0.15) is 18.4 Å². The number of aliphatic hydroxyl groups excluding tert-OH is 4. The summed E-state index contributed by atoms with van der Waals surface area (Å²) in [6.45, 7) is 0. The molecule has 126 valence electrons. The van der Waals surface area contributed by atoms with E-state index in [1.165, 1.54) is 0 Å². The van der Waals surface area contributed by atoms with Crippen molar-refractivity contribution in [3.8, 4) is 0 Å². The van der Waals surface area contributed by atoms with Gasteiger partial charge in [0.1, 0.15) is 18.3 Å². The standard InChI is InChI=1S/C6H10N4O5.C2HF3O2/c11-1-2(12)4(5-7-9-10-8-5)15-6(14)3(1)13;3-2(4,5)1(6)7/h1-4,6,11-14H,(H,7,8,9,10);(H,6,7)/t1-,2-,3+,4?,6+;/m0./s1. The van der Waals surface area contributed by atoms with E-state index >= 15 is 0 Å². The van der Waals surface area contributed by atoms with Crippen LogP contribution in [0.15, 0.2) is 0 Å². The van der Waals surface area contributed by atoms with Crippen LogP contribution < -0.4 is 0 Å². The highest BCUT2D eigenvalue weighted by molar-refractivity contribution is 5.73. The van der Waals surface area contributed by atoms with Crippen LogP contribution >= 0.6 is 0 Å². The summed E-state index contributed by atoms with van der Waals surface area (Å²) in [5.74, 6) is -2.76. The first-order valence-corrected chi connectivity index (χ1v) is 5.47. The summed E-state index contributed by atoms with van der Waals surface area (Å²) in [7, 11) is 0. The van der Waals surface area contributed by atoms with Crippen molar-refractivity contribution in [2.45, 2.75) is 36.9 Å². The van der Waals surface area contributed by atoms with Crippen molar-refractivity contribution in [3.05, 3.63) is 5.82 Å². The molecule has 0 aromatic carbocycles. The number of hydrogen-bond donors (Lipinski definition) is 6. The van der Waals surface area contributed by atoms with E-state index in [1.54, 1.807) is 0 Å². The number of aromatic nitrogens is 4. The molecule has 14 heteroatoms. The SMILES string of the molecule is O=C(O)C(F)(F)F.O[C@@H]1[C@@H](O)[C@H](O)C(c2nn[nH]n2)O[C@H]1O. The zero-order chi connectivity index (χ0) is 17.1. The van der Waals surface area contributed by atoms with Crippen molar-refractivity contribution < 1.29 is 48.2 Å². The lowest BCUT2D eigenvalue weighted by atomic mass is 9.99. The van der Waals surface area contributed by atoms with Gasteiger partial charge in [-0.25, -0.2) is 4.79 Å². The first kappa shape index (κ1) is 18.2. The number of ether oxygens (including phenoxy) is 1. The quantitative estimate of drug-likeness (QED) is 0.316. The third-order valence-corrected chi connectivity index (χ3v) is 2.45. The van der Waals surface area contributed by atoms with Crippen LogP contribution in [0.1, 0.15) is 11.9 Å². The van der Waals surface area contributed by atoms with Gasteiger partial charge in [0.25, 0.3) is 0 Å². The molecule has 5 atom stereocenters. The third-order valence-electron chi connectivity index (χ3n) is 2.45. The molecule has 1 saturated heterocycles. The molecule has 22 heavy (non-hydrogen) atoms. The Hall–Kier alpha value is -1.87. The fourth-order valence-corrected chi connectivity index (χ4v) is 1.36. The van der Waals surface area contributed by atoms with Crippen molar-refractivity contribution in [2.24, 2.45) is 0 Å². The van der Waals surface area contributed by atoms with Gasteiger partial charge in [-0.15, -0.1) is 10.2 Å². The van der Waals surface area contributed by atoms with Gasteiger partial charge in [-0.1, -0.05) is 5.21 Å². The number of aliphatic carboxylic acids is 1. The second kappa shape index (κ2) is 6.93. The molecule has 1 aromatic heterocycles. The number of carboxylic acid groups (broad SMARTS) is 1. The van der Waals surface area contributed by atoms with Gasteiger partial charge in [-0.05, 0) is 0 Å². The average molecular weight is 332 g/mol. The van der Waals surface area contributed by atoms with Gasteiger partial charge in [0.05, 0.1) is 0 Å². The van der Waals surface area contributed by atoms with Crippen LogP contribution in [0.25, 0.3) is 0 Å². The molecule has 1 aliphatic heterocycles. The summed E-state index contributed by atoms with van der Waals surface area (Å²) in [6, 6.07) is 0. The number of hydrogen-bond acceptors (Lipinski definition) is 9. The number of aromatic amines is 1. The monoisotopic (exact) mass is 332 g/mol. The number of carboxylic acids is 1. The normalized spacial score (nSPS) is 32.0. The molecule has 0 aliphatic carbocycles. The van der Waals surface area contributed by atoms with E-state index in [1.807, 2.05) is 0 Å². The van der Waals surface area contributed by atoms with Crippen molar-refractivity contribution >= 4 is 5.97 Å². The zero-order valence-corrected chi connectivity index (χ0v) is 10.4. The maximum Gasteiger partial charge on any atom is 0.490 e. The number of nitrogens with zero attached hydrogens (tertiary/aromatic N) is 3. The highest BCUT2D eigenvalue weighted by Gasteiger charge is 2.45. The molecule has 1 aliphatic rings. The Labute approximate surface area is 119 Å². The minimum absolute atomic E-state index is 0.00694. The maximum atomic E-state index is 10.6. The lowest BCUT2D eigenvalue weighted by molar-refractivity contribution is -0.285. The maximum absolute atomic E-state index is 10.6. The number of H-pyrrole nitrogens is 1. The Morgan fingerprint density at radius 3 is 2.09 bits per heavy atom. The average Bonchev–Trinajstić information content (AvgIpc) is 2.94. The molecule has 0 amide bonds. The fraction of sp³-hybridized carbons (Fsp3) is 0.750. The van der Waals surface area contributed by atoms with Crippen LogP contribution in [0.4, 0.5) is 13.2 Å². The van der Waals surface area contributed by atoms with Crippen LogP contribution in [0.5, 0.6) is 0 Å². The largest absolute Gasteiger partial charge is 0.490 e. The number of aliphatic hydroxyl groups is 4. The molecule has 0 bridgehead atoms.